The van der Waals surface area contributed by atoms with E-state index in [4.69, 9.17) is 4.74 Å². The molecular formula is C16H14BrF3O. The van der Waals surface area contributed by atoms with Gasteiger partial charge in [-0.1, -0.05) is 41.1 Å². The zero-order valence-corrected chi connectivity index (χ0v) is 13.0. The summed E-state index contributed by atoms with van der Waals surface area (Å²) >= 11 is 3.16. The third-order valence-electron chi connectivity index (χ3n) is 3.06. The van der Waals surface area contributed by atoms with Gasteiger partial charge in [0.15, 0.2) is 0 Å². The minimum atomic E-state index is -4.45. The summed E-state index contributed by atoms with van der Waals surface area (Å²) in [4.78, 5) is 0. The molecule has 0 N–H and O–H groups in total. The standard InChI is InChI=1S/C16H14BrF3O/c1-2-11-3-6-13(7-4-11)21-15-8-5-12(10-17)9-14(15)16(18,19)20/h3-9H,2,10H2,1H3. The molecule has 112 valence electrons. The van der Waals surface area contributed by atoms with E-state index in [1.165, 1.54) is 6.07 Å². The molecule has 0 unspecified atom stereocenters. The molecule has 0 spiro atoms. The highest BCUT2D eigenvalue weighted by Gasteiger charge is 2.34. The highest BCUT2D eigenvalue weighted by molar-refractivity contribution is 9.08. The smallest absolute Gasteiger partial charge is 0.419 e. The van der Waals surface area contributed by atoms with E-state index in [-0.39, 0.29) is 5.75 Å². The lowest BCUT2D eigenvalue weighted by Gasteiger charge is -2.15. The molecule has 1 nitrogen and oxygen atoms in total. The van der Waals surface area contributed by atoms with Crippen LogP contribution in [0.15, 0.2) is 42.5 Å². The summed E-state index contributed by atoms with van der Waals surface area (Å²) in [6.45, 7) is 2.01. The summed E-state index contributed by atoms with van der Waals surface area (Å²) in [5.41, 5.74) is 0.892. The minimum Gasteiger partial charge on any atom is -0.457 e. The predicted octanol–water partition coefficient (Wildman–Crippen LogP) is 5.96. The van der Waals surface area contributed by atoms with E-state index in [0.717, 1.165) is 18.1 Å². The lowest BCUT2D eigenvalue weighted by Crippen LogP contribution is -2.07. The molecule has 0 amide bonds. The second kappa shape index (κ2) is 6.52. The van der Waals surface area contributed by atoms with Crippen LogP contribution in [0.3, 0.4) is 0 Å². The molecule has 0 aliphatic rings. The van der Waals surface area contributed by atoms with E-state index in [1.807, 2.05) is 19.1 Å². The van der Waals surface area contributed by atoms with Crippen LogP contribution in [0.25, 0.3) is 0 Å². The Balaban J connectivity index is 2.34. The van der Waals surface area contributed by atoms with Crippen molar-refractivity contribution in [2.75, 3.05) is 0 Å². The van der Waals surface area contributed by atoms with Gasteiger partial charge in [0.25, 0.3) is 0 Å². The Morgan fingerprint density at radius 2 is 1.62 bits per heavy atom. The van der Waals surface area contributed by atoms with Gasteiger partial charge in [-0.15, -0.1) is 0 Å². The monoisotopic (exact) mass is 358 g/mol. The van der Waals surface area contributed by atoms with Gasteiger partial charge in [0.1, 0.15) is 11.5 Å². The topological polar surface area (TPSA) is 9.23 Å². The summed E-state index contributed by atoms with van der Waals surface area (Å²) in [7, 11) is 0. The second-order valence-electron chi connectivity index (χ2n) is 4.56. The van der Waals surface area contributed by atoms with Crippen molar-refractivity contribution in [1.82, 2.24) is 0 Å². The van der Waals surface area contributed by atoms with Crippen molar-refractivity contribution in [3.63, 3.8) is 0 Å². The van der Waals surface area contributed by atoms with Gasteiger partial charge in [0.2, 0.25) is 0 Å². The first kappa shape index (κ1) is 15.9. The van der Waals surface area contributed by atoms with Crippen LogP contribution >= 0.6 is 15.9 Å². The first-order chi connectivity index (χ1) is 9.94. The van der Waals surface area contributed by atoms with Gasteiger partial charge in [0, 0.05) is 5.33 Å². The Kier molecular flexibility index (Phi) is 4.93. The van der Waals surface area contributed by atoms with Crippen LogP contribution in [0.4, 0.5) is 13.2 Å². The van der Waals surface area contributed by atoms with Crippen molar-refractivity contribution in [1.29, 1.82) is 0 Å². The van der Waals surface area contributed by atoms with Gasteiger partial charge < -0.3 is 4.74 Å². The fraction of sp³-hybridized carbons (Fsp3) is 0.250. The quantitative estimate of drug-likeness (QED) is 0.613. The summed E-state index contributed by atoms with van der Waals surface area (Å²) in [5.74, 6) is 0.209. The first-order valence-corrected chi connectivity index (χ1v) is 7.59. The molecule has 0 saturated carbocycles. The lowest BCUT2D eigenvalue weighted by molar-refractivity contribution is -0.138. The van der Waals surface area contributed by atoms with E-state index in [0.29, 0.717) is 16.6 Å². The van der Waals surface area contributed by atoms with E-state index in [2.05, 4.69) is 15.9 Å². The second-order valence-corrected chi connectivity index (χ2v) is 5.12. The molecule has 2 aromatic carbocycles. The van der Waals surface area contributed by atoms with Crippen LogP contribution in [-0.2, 0) is 17.9 Å². The summed E-state index contributed by atoms with van der Waals surface area (Å²) < 4.78 is 44.7. The lowest BCUT2D eigenvalue weighted by atomic mass is 10.1. The van der Waals surface area contributed by atoms with Crippen molar-refractivity contribution in [3.8, 4) is 11.5 Å². The molecular weight excluding hydrogens is 345 g/mol. The molecule has 0 aromatic heterocycles. The maximum atomic E-state index is 13.1. The third kappa shape index (κ3) is 4.00. The molecule has 2 aromatic rings. The fourth-order valence-electron chi connectivity index (χ4n) is 1.89. The number of alkyl halides is 4. The zero-order valence-electron chi connectivity index (χ0n) is 11.4. The number of halogens is 4. The van der Waals surface area contributed by atoms with Crippen molar-refractivity contribution in [3.05, 3.63) is 59.2 Å². The van der Waals surface area contributed by atoms with Crippen LogP contribution in [0.5, 0.6) is 11.5 Å². The first-order valence-electron chi connectivity index (χ1n) is 6.47. The van der Waals surface area contributed by atoms with Gasteiger partial charge in [-0.05, 0) is 41.8 Å². The highest BCUT2D eigenvalue weighted by Crippen LogP contribution is 2.39. The number of hydrogen-bond donors (Lipinski definition) is 0. The zero-order chi connectivity index (χ0) is 15.5. The van der Waals surface area contributed by atoms with Crippen LogP contribution in [0.2, 0.25) is 0 Å². The predicted molar refractivity (Wildman–Crippen MR) is 80.0 cm³/mol. The van der Waals surface area contributed by atoms with Crippen LogP contribution in [-0.4, -0.2) is 0 Å². The van der Waals surface area contributed by atoms with Crippen LogP contribution in [0.1, 0.15) is 23.6 Å². The van der Waals surface area contributed by atoms with Crippen molar-refractivity contribution in [2.45, 2.75) is 24.9 Å². The number of hydrogen-bond acceptors (Lipinski definition) is 1. The Labute approximate surface area is 129 Å². The van der Waals surface area contributed by atoms with Gasteiger partial charge >= 0.3 is 6.18 Å². The maximum Gasteiger partial charge on any atom is 0.419 e. The Bertz CT molecular complexity index is 606. The number of rotatable bonds is 4. The highest BCUT2D eigenvalue weighted by atomic mass is 79.9. The Morgan fingerprint density at radius 1 is 1.00 bits per heavy atom. The van der Waals surface area contributed by atoms with Gasteiger partial charge in [-0.25, -0.2) is 0 Å². The Morgan fingerprint density at radius 3 is 2.14 bits per heavy atom. The third-order valence-corrected chi connectivity index (χ3v) is 3.71. The molecule has 0 fully saturated rings. The summed E-state index contributed by atoms with van der Waals surface area (Å²) in [6.07, 6.45) is -3.58. The molecule has 0 aliphatic carbocycles. The van der Waals surface area contributed by atoms with Crippen molar-refractivity contribution < 1.29 is 17.9 Å². The molecule has 0 saturated heterocycles. The average molecular weight is 359 g/mol. The van der Waals surface area contributed by atoms with Crippen LogP contribution < -0.4 is 4.74 Å². The Hall–Kier alpha value is -1.49. The van der Waals surface area contributed by atoms with Gasteiger partial charge in [0.05, 0.1) is 5.56 Å². The normalized spacial score (nSPS) is 11.5. The van der Waals surface area contributed by atoms with E-state index >= 15 is 0 Å². The number of aryl methyl sites for hydroxylation is 1. The largest absolute Gasteiger partial charge is 0.457 e. The van der Waals surface area contributed by atoms with Gasteiger partial charge in [-0.3, -0.25) is 0 Å². The van der Waals surface area contributed by atoms with E-state index < -0.39 is 11.7 Å². The molecule has 0 heterocycles. The van der Waals surface area contributed by atoms with E-state index in [1.54, 1.807) is 18.2 Å². The average Bonchev–Trinajstić information content (AvgIpc) is 2.47. The molecule has 21 heavy (non-hydrogen) atoms. The molecule has 2 rings (SSSR count). The fourth-order valence-corrected chi connectivity index (χ4v) is 2.24. The van der Waals surface area contributed by atoms with Gasteiger partial charge in [-0.2, -0.15) is 13.2 Å². The molecule has 0 radical (unpaired) electrons. The van der Waals surface area contributed by atoms with Crippen molar-refractivity contribution >= 4 is 15.9 Å². The molecule has 0 bridgehead atoms. The molecule has 0 aliphatic heterocycles. The van der Waals surface area contributed by atoms with E-state index in [9.17, 15) is 13.2 Å². The number of benzene rings is 2. The van der Waals surface area contributed by atoms with Crippen molar-refractivity contribution in [2.24, 2.45) is 0 Å². The molecule has 0 atom stereocenters. The summed E-state index contributed by atoms with van der Waals surface area (Å²) in [6, 6.07) is 11.1. The number of ether oxygens (including phenoxy) is 1. The summed E-state index contributed by atoms with van der Waals surface area (Å²) in [5, 5.41) is 0.363. The maximum absolute atomic E-state index is 13.1. The minimum absolute atomic E-state index is 0.184. The van der Waals surface area contributed by atoms with Crippen LogP contribution in [0, 0.1) is 0 Å². The molecule has 5 heteroatoms. The SMILES string of the molecule is CCc1ccc(Oc2ccc(CBr)cc2C(F)(F)F)cc1.